The Kier molecular flexibility index (Phi) is 7.25. The van der Waals surface area contributed by atoms with E-state index in [2.05, 4.69) is 45.6 Å². The van der Waals surface area contributed by atoms with Crippen molar-refractivity contribution in [1.29, 1.82) is 0 Å². The smallest absolute Gasteiger partial charge is 0.191 e. The van der Waals surface area contributed by atoms with Gasteiger partial charge >= 0.3 is 0 Å². The molecule has 0 amide bonds. The summed E-state index contributed by atoms with van der Waals surface area (Å²) in [5.41, 5.74) is 2.06. The summed E-state index contributed by atoms with van der Waals surface area (Å²) in [5.74, 6) is 2.87. The molecule has 8 heteroatoms. The minimum Gasteiger partial charge on any atom is -0.378 e. The summed E-state index contributed by atoms with van der Waals surface area (Å²) < 4.78 is 10.8. The number of rotatable bonds is 7. The van der Waals surface area contributed by atoms with E-state index >= 15 is 0 Å². The maximum absolute atomic E-state index is 5.45. The predicted octanol–water partition coefficient (Wildman–Crippen LogP) is 2.28. The van der Waals surface area contributed by atoms with Crippen molar-refractivity contribution in [2.45, 2.75) is 39.8 Å². The van der Waals surface area contributed by atoms with Gasteiger partial charge in [-0.2, -0.15) is 0 Å². The molecule has 1 saturated heterocycles. The van der Waals surface area contributed by atoms with Gasteiger partial charge in [-0.15, -0.1) is 0 Å². The van der Waals surface area contributed by atoms with Crippen LogP contribution in [0.5, 0.6) is 0 Å². The normalized spacial score (nSPS) is 15.1. The third-order valence-electron chi connectivity index (χ3n) is 4.53. The highest BCUT2D eigenvalue weighted by molar-refractivity contribution is 5.79. The monoisotopic (exact) mass is 386 g/mol. The van der Waals surface area contributed by atoms with Gasteiger partial charge < -0.3 is 24.8 Å². The quantitative estimate of drug-likeness (QED) is 0.557. The van der Waals surface area contributed by atoms with E-state index in [0.29, 0.717) is 19.0 Å². The number of hydrogen-bond acceptors (Lipinski definition) is 6. The average Bonchev–Trinajstić information content (AvgIpc) is 3.20. The summed E-state index contributed by atoms with van der Waals surface area (Å²) in [4.78, 5) is 11.6. The van der Waals surface area contributed by atoms with Crippen LogP contribution in [-0.2, 0) is 17.8 Å². The molecule has 0 aromatic carbocycles. The fraction of sp³-hybridized carbons (Fsp3) is 0.550. The van der Waals surface area contributed by atoms with Crippen molar-refractivity contribution in [2.75, 3.05) is 37.7 Å². The van der Waals surface area contributed by atoms with Gasteiger partial charge in [0.1, 0.15) is 5.82 Å². The molecule has 2 N–H and O–H groups in total. The lowest BCUT2D eigenvalue weighted by atomic mass is 10.1. The van der Waals surface area contributed by atoms with E-state index in [-0.39, 0.29) is 0 Å². The number of nitrogens with zero attached hydrogens (tertiary/aromatic N) is 4. The first-order valence-electron chi connectivity index (χ1n) is 9.91. The van der Waals surface area contributed by atoms with Gasteiger partial charge in [0.05, 0.1) is 32.0 Å². The highest BCUT2D eigenvalue weighted by atomic mass is 16.5. The Labute approximate surface area is 166 Å². The fourth-order valence-corrected chi connectivity index (χ4v) is 2.97. The molecule has 1 aliphatic rings. The Bertz CT molecular complexity index is 768. The van der Waals surface area contributed by atoms with Crippen molar-refractivity contribution in [3.05, 3.63) is 41.4 Å². The topological polar surface area (TPSA) is 87.8 Å². The second-order valence-corrected chi connectivity index (χ2v) is 7.01. The minimum atomic E-state index is 0.351. The number of aliphatic imine (C=N–C) groups is 1. The Morgan fingerprint density at radius 1 is 1.29 bits per heavy atom. The van der Waals surface area contributed by atoms with Crippen molar-refractivity contribution in [3.8, 4) is 0 Å². The van der Waals surface area contributed by atoms with Crippen LogP contribution in [0.3, 0.4) is 0 Å². The first kappa shape index (κ1) is 20.1. The fourth-order valence-electron chi connectivity index (χ4n) is 2.97. The van der Waals surface area contributed by atoms with E-state index in [1.54, 1.807) is 0 Å². The van der Waals surface area contributed by atoms with E-state index in [0.717, 1.165) is 61.6 Å². The zero-order chi connectivity index (χ0) is 19.8. The molecule has 0 aliphatic carbocycles. The zero-order valence-corrected chi connectivity index (χ0v) is 16.9. The maximum atomic E-state index is 5.45. The van der Waals surface area contributed by atoms with Crippen molar-refractivity contribution in [1.82, 2.24) is 20.8 Å². The van der Waals surface area contributed by atoms with Crippen LogP contribution in [-0.4, -0.2) is 48.9 Å². The van der Waals surface area contributed by atoms with Crippen LogP contribution < -0.4 is 15.5 Å². The molecule has 152 valence electrons. The van der Waals surface area contributed by atoms with Crippen LogP contribution in [0, 0.1) is 0 Å². The summed E-state index contributed by atoms with van der Waals surface area (Å²) in [5, 5.41) is 10.7. The highest BCUT2D eigenvalue weighted by Crippen LogP contribution is 2.19. The van der Waals surface area contributed by atoms with E-state index < -0.39 is 0 Å². The predicted molar refractivity (Wildman–Crippen MR) is 110 cm³/mol. The van der Waals surface area contributed by atoms with Crippen molar-refractivity contribution in [2.24, 2.45) is 4.99 Å². The summed E-state index contributed by atoms with van der Waals surface area (Å²) in [6.45, 7) is 11.3. The Morgan fingerprint density at radius 3 is 2.82 bits per heavy atom. The first-order chi connectivity index (χ1) is 13.7. The number of anilines is 1. The molecular weight excluding hydrogens is 356 g/mol. The van der Waals surface area contributed by atoms with Crippen LogP contribution in [0.25, 0.3) is 0 Å². The first-order valence-corrected chi connectivity index (χ1v) is 9.91. The second kappa shape index (κ2) is 10.1. The van der Waals surface area contributed by atoms with E-state index in [4.69, 9.17) is 14.3 Å². The van der Waals surface area contributed by atoms with E-state index in [1.807, 2.05) is 25.3 Å². The lowest BCUT2D eigenvalue weighted by molar-refractivity contribution is 0.122. The number of nitrogens with one attached hydrogen (secondary N) is 2. The van der Waals surface area contributed by atoms with Gasteiger partial charge in [0.2, 0.25) is 0 Å². The van der Waals surface area contributed by atoms with Crippen LogP contribution in [0.15, 0.2) is 33.9 Å². The van der Waals surface area contributed by atoms with Gasteiger partial charge in [-0.05, 0) is 18.9 Å². The van der Waals surface area contributed by atoms with Crippen LogP contribution >= 0.6 is 0 Å². The van der Waals surface area contributed by atoms with E-state index in [9.17, 15) is 0 Å². The molecule has 0 unspecified atom stereocenters. The molecule has 28 heavy (non-hydrogen) atoms. The zero-order valence-electron chi connectivity index (χ0n) is 16.9. The molecule has 1 fully saturated rings. The summed E-state index contributed by atoms with van der Waals surface area (Å²) in [6, 6.07) is 6.02. The molecule has 3 rings (SSSR count). The van der Waals surface area contributed by atoms with Gasteiger partial charge in [0.25, 0.3) is 0 Å². The Morgan fingerprint density at radius 2 is 2.11 bits per heavy atom. The van der Waals surface area contributed by atoms with Gasteiger partial charge in [0.15, 0.2) is 11.7 Å². The third kappa shape index (κ3) is 5.45. The number of ether oxygens (including phenoxy) is 1. The van der Waals surface area contributed by atoms with Crippen LogP contribution in [0.2, 0.25) is 0 Å². The highest BCUT2D eigenvalue weighted by Gasteiger charge is 2.15. The minimum absolute atomic E-state index is 0.351. The summed E-state index contributed by atoms with van der Waals surface area (Å²) in [7, 11) is 0. The molecule has 3 heterocycles. The number of pyridine rings is 1. The van der Waals surface area contributed by atoms with Crippen molar-refractivity contribution < 1.29 is 9.26 Å². The molecule has 2 aromatic heterocycles. The molecule has 2 aromatic rings. The standard InChI is InChI=1S/C20H30N6O2/c1-4-21-20(24-14-17-12-18(15(2)3)25-28-17)23-13-16-6-5-7-22-19(16)26-8-10-27-11-9-26/h5-7,12,15H,4,8-11,13-14H2,1-3H3,(H2,21,23,24). The average molecular weight is 387 g/mol. The van der Waals surface area contributed by atoms with E-state index in [1.165, 1.54) is 0 Å². The number of guanidine groups is 1. The summed E-state index contributed by atoms with van der Waals surface area (Å²) >= 11 is 0. The van der Waals surface area contributed by atoms with Crippen LogP contribution in [0.1, 0.15) is 43.7 Å². The molecule has 0 bridgehead atoms. The molecule has 0 atom stereocenters. The number of aromatic nitrogens is 2. The van der Waals surface area contributed by atoms with Gasteiger partial charge in [0, 0.05) is 37.5 Å². The maximum Gasteiger partial charge on any atom is 0.191 e. The largest absolute Gasteiger partial charge is 0.378 e. The lowest BCUT2D eigenvalue weighted by Crippen LogP contribution is -2.38. The summed E-state index contributed by atoms with van der Waals surface area (Å²) in [6.07, 6.45) is 1.83. The molecule has 1 aliphatic heterocycles. The third-order valence-corrected chi connectivity index (χ3v) is 4.53. The Balaban J connectivity index is 1.65. The van der Waals surface area contributed by atoms with Crippen molar-refractivity contribution >= 4 is 11.8 Å². The lowest BCUT2D eigenvalue weighted by Gasteiger charge is -2.29. The van der Waals surface area contributed by atoms with Gasteiger partial charge in [-0.3, -0.25) is 0 Å². The van der Waals surface area contributed by atoms with Crippen LogP contribution in [0.4, 0.5) is 5.82 Å². The molecule has 0 radical (unpaired) electrons. The van der Waals surface area contributed by atoms with Crippen molar-refractivity contribution in [3.63, 3.8) is 0 Å². The molecule has 8 nitrogen and oxygen atoms in total. The number of hydrogen-bond donors (Lipinski definition) is 2. The van der Waals surface area contributed by atoms with Gasteiger partial charge in [-0.25, -0.2) is 9.98 Å². The SMILES string of the molecule is CCNC(=NCc1cccnc1N1CCOCC1)NCc1cc(C(C)C)no1. The molecule has 0 saturated carbocycles. The molecule has 0 spiro atoms. The van der Waals surface area contributed by atoms with Gasteiger partial charge in [-0.1, -0.05) is 25.1 Å². The number of morpholine rings is 1. The Hall–Kier alpha value is -2.61. The second-order valence-electron chi connectivity index (χ2n) is 7.01. The molecular formula is C20H30N6O2.